The Labute approximate surface area is 185 Å². The van der Waals surface area contributed by atoms with Gasteiger partial charge in [0.25, 0.3) is 0 Å². The molecule has 0 bridgehead atoms. The van der Waals surface area contributed by atoms with Crippen molar-refractivity contribution >= 4 is 45.0 Å². The van der Waals surface area contributed by atoms with Gasteiger partial charge in [0.2, 0.25) is 5.91 Å². The van der Waals surface area contributed by atoms with Crippen molar-refractivity contribution in [1.29, 1.82) is 0 Å². The van der Waals surface area contributed by atoms with Crippen LogP contribution in [0.2, 0.25) is 0 Å². The van der Waals surface area contributed by atoms with Gasteiger partial charge in [-0.2, -0.15) is 0 Å². The van der Waals surface area contributed by atoms with Gasteiger partial charge < -0.3 is 10.2 Å². The highest BCUT2D eigenvalue weighted by Crippen LogP contribution is 2.41. The van der Waals surface area contributed by atoms with Gasteiger partial charge in [-0.1, -0.05) is 18.2 Å². The zero-order valence-electron chi connectivity index (χ0n) is 17.2. The summed E-state index contributed by atoms with van der Waals surface area (Å²) in [6.45, 7) is 1.75. The van der Waals surface area contributed by atoms with Crippen LogP contribution in [0.1, 0.15) is 35.5 Å². The Kier molecular flexibility index (Phi) is 5.65. The molecule has 1 fully saturated rings. The lowest BCUT2D eigenvalue weighted by molar-refractivity contribution is -0.125. The summed E-state index contributed by atoms with van der Waals surface area (Å²) in [6.07, 6.45) is 5.30. The highest BCUT2D eigenvalue weighted by Gasteiger charge is 2.29. The van der Waals surface area contributed by atoms with Gasteiger partial charge in [-0.25, -0.2) is 9.97 Å². The van der Waals surface area contributed by atoms with Crippen LogP contribution < -0.4 is 10.2 Å². The fourth-order valence-electron chi connectivity index (χ4n) is 4.54. The topological polar surface area (TPSA) is 58.1 Å². The third-order valence-corrected chi connectivity index (χ3v) is 8.31. The van der Waals surface area contributed by atoms with Gasteiger partial charge in [-0.05, 0) is 49.8 Å². The van der Waals surface area contributed by atoms with Crippen molar-refractivity contribution in [3.05, 3.63) is 46.6 Å². The van der Waals surface area contributed by atoms with Crippen molar-refractivity contribution in [2.75, 3.05) is 25.0 Å². The Bertz CT molecular complexity index is 1060. The van der Waals surface area contributed by atoms with E-state index in [1.165, 1.54) is 33.6 Å². The molecule has 2 aromatic heterocycles. The average Bonchev–Trinajstić information content (AvgIpc) is 3.38. The molecule has 5 nitrogen and oxygen atoms in total. The largest absolute Gasteiger partial charge is 0.359 e. The minimum atomic E-state index is 0.116. The van der Waals surface area contributed by atoms with Crippen LogP contribution in [-0.2, 0) is 23.4 Å². The Morgan fingerprint density at radius 2 is 2.00 bits per heavy atom. The summed E-state index contributed by atoms with van der Waals surface area (Å²) in [5, 5.41) is 4.08. The van der Waals surface area contributed by atoms with Crippen molar-refractivity contribution in [3.63, 3.8) is 0 Å². The van der Waals surface area contributed by atoms with Crippen molar-refractivity contribution in [3.8, 4) is 0 Å². The second-order valence-electron chi connectivity index (χ2n) is 7.98. The van der Waals surface area contributed by atoms with Crippen LogP contribution in [0.5, 0.6) is 0 Å². The standard InChI is InChI=1S/C23H26N4OS2/c1-24-22(28)15-10-12-27(13-11-15)21-20-17-8-5-9-18(17)30-23(20)26-19(25-21)14-29-16-6-3-2-4-7-16/h2-4,6-7,15H,5,8-14H2,1H3,(H,24,28). The van der Waals surface area contributed by atoms with E-state index in [0.717, 1.165) is 54.6 Å². The number of fused-ring (bicyclic) bond motifs is 3. The predicted molar refractivity (Wildman–Crippen MR) is 124 cm³/mol. The number of carbonyl (C=O) groups excluding carboxylic acids is 1. The molecule has 1 aromatic carbocycles. The van der Waals surface area contributed by atoms with Crippen molar-refractivity contribution in [2.24, 2.45) is 5.92 Å². The third kappa shape index (κ3) is 3.81. The summed E-state index contributed by atoms with van der Waals surface area (Å²) in [4.78, 5) is 28.4. The fourth-order valence-corrected chi connectivity index (χ4v) is 6.58. The van der Waals surface area contributed by atoms with Gasteiger partial charge in [-0.15, -0.1) is 23.1 Å². The third-order valence-electron chi connectivity index (χ3n) is 6.11. The van der Waals surface area contributed by atoms with E-state index in [1.807, 2.05) is 17.4 Å². The first-order chi connectivity index (χ1) is 14.7. The van der Waals surface area contributed by atoms with E-state index in [2.05, 4.69) is 34.5 Å². The molecular formula is C23H26N4OS2. The van der Waals surface area contributed by atoms with Crippen LogP contribution in [0.4, 0.5) is 5.82 Å². The van der Waals surface area contributed by atoms with Crippen molar-refractivity contribution < 1.29 is 4.79 Å². The summed E-state index contributed by atoms with van der Waals surface area (Å²) in [5.41, 5.74) is 1.47. The van der Waals surface area contributed by atoms with Crippen LogP contribution >= 0.6 is 23.1 Å². The number of carbonyl (C=O) groups is 1. The second kappa shape index (κ2) is 8.55. The van der Waals surface area contributed by atoms with E-state index in [4.69, 9.17) is 9.97 Å². The van der Waals surface area contributed by atoms with Gasteiger partial charge in [0.15, 0.2) is 0 Å². The first-order valence-electron chi connectivity index (χ1n) is 10.7. The number of rotatable bonds is 5. The summed E-state index contributed by atoms with van der Waals surface area (Å²) in [5.74, 6) is 3.05. The molecule has 1 N–H and O–H groups in total. The maximum absolute atomic E-state index is 12.1. The first-order valence-corrected chi connectivity index (χ1v) is 12.5. The van der Waals surface area contributed by atoms with E-state index in [9.17, 15) is 4.79 Å². The van der Waals surface area contributed by atoms with Crippen LogP contribution in [0.3, 0.4) is 0 Å². The maximum atomic E-state index is 12.1. The molecule has 1 amide bonds. The number of hydrogen-bond donors (Lipinski definition) is 1. The molecule has 1 aliphatic heterocycles. The van der Waals surface area contributed by atoms with Crippen LogP contribution in [-0.4, -0.2) is 36.0 Å². The zero-order valence-corrected chi connectivity index (χ0v) is 18.8. The monoisotopic (exact) mass is 438 g/mol. The molecule has 0 saturated carbocycles. The van der Waals surface area contributed by atoms with Gasteiger partial charge in [-0.3, -0.25) is 4.79 Å². The Morgan fingerprint density at radius 1 is 1.20 bits per heavy atom. The van der Waals surface area contributed by atoms with Crippen molar-refractivity contribution in [2.45, 2.75) is 42.8 Å². The molecule has 2 aliphatic rings. The fraction of sp³-hybridized carbons (Fsp3) is 0.435. The molecule has 5 rings (SSSR count). The SMILES string of the molecule is CNC(=O)C1CCN(c2nc(CSc3ccccc3)nc3sc4c(c23)CCC4)CC1. The Hall–Kier alpha value is -2.12. The number of nitrogens with zero attached hydrogens (tertiary/aromatic N) is 3. The Balaban J connectivity index is 1.45. The molecule has 0 radical (unpaired) electrons. The molecule has 7 heteroatoms. The van der Waals surface area contributed by atoms with Crippen molar-refractivity contribution in [1.82, 2.24) is 15.3 Å². The minimum absolute atomic E-state index is 0.116. The molecular weight excluding hydrogens is 412 g/mol. The quantitative estimate of drug-likeness (QED) is 0.597. The minimum Gasteiger partial charge on any atom is -0.359 e. The molecule has 0 spiro atoms. The van der Waals surface area contributed by atoms with Gasteiger partial charge in [0.1, 0.15) is 16.5 Å². The number of piperidine rings is 1. The molecule has 0 atom stereocenters. The number of benzene rings is 1. The van der Waals surface area contributed by atoms with E-state index < -0.39 is 0 Å². The van der Waals surface area contributed by atoms with Gasteiger partial charge in [0, 0.05) is 35.8 Å². The molecule has 0 unspecified atom stereocenters. The number of hydrogen-bond acceptors (Lipinski definition) is 6. The summed E-state index contributed by atoms with van der Waals surface area (Å²) >= 11 is 3.64. The summed E-state index contributed by atoms with van der Waals surface area (Å²) in [6, 6.07) is 10.4. The molecule has 156 valence electrons. The average molecular weight is 439 g/mol. The van der Waals surface area contributed by atoms with E-state index in [0.29, 0.717) is 0 Å². The predicted octanol–water partition coefficient (Wildman–Crippen LogP) is 4.43. The number of thiophene rings is 1. The lowest BCUT2D eigenvalue weighted by atomic mass is 9.96. The summed E-state index contributed by atoms with van der Waals surface area (Å²) < 4.78 is 0. The van der Waals surface area contributed by atoms with E-state index >= 15 is 0 Å². The Morgan fingerprint density at radius 3 is 2.77 bits per heavy atom. The second-order valence-corrected chi connectivity index (χ2v) is 10.1. The molecule has 1 saturated heterocycles. The number of nitrogens with one attached hydrogen (secondary N) is 1. The van der Waals surface area contributed by atoms with Gasteiger partial charge in [0.05, 0.1) is 11.1 Å². The lowest BCUT2D eigenvalue weighted by Crippen LogP contribution is -2.40. The normalized spacial score (nSPS) is 16.8. The molecule has 3 aromatic rings. The summed E-state index contributed by atoms with van der Waals surface area (Å²) in [7, 11) is 1.73. The molecule has 1 aliphatic carbocycles. The number of thioether (sulfide) groups is 1. The van der Waals surface area contributed by atoms with E-state index in [1.54, 1.807) is 18.8 Å². The smallest absolute Gasteiger partial charge is 0.222 e. The van der Waals surface area contributed by atoms with Crippen LogP contribution in [0, 0.1) is 5.92 Å². The van der Waals surface area contributed by atoms with Crippen LogP contribution in [0.25, 0.3) is 10.2 Å². The first kappa shape index (κ1) is 19.8. The molecule has 30 heavy (non-hydrogen) atoms. The zero-order chi connectivity index (χ0) is 20.5. The van der Waals surface area contributed by atoms with Crippen LogP contribution in [0.15, 0.2) is 35.2 Å². The van der Waals surface area contributed by atoms with Gasteiger partial charge >= 0.3 is 0 Å². The number of aromatic nitrogens is 2. The molecule has 3 heterocycles. The lowest BCUT2D eigenvalue weighted by Gasteiger charge is -2.32. The number of anilines is 1. The highest BCUT2D eigenvalue weighted by molar-refractivity contribution is 7.98. The maximum Gasteiger partial charge on any atom is 0.222 e. The highest BCUT2D eigenvalue weighted by atomic mass is 32.2. The van der Waals surface area contributed by atoms with E-state index in [-0.39, 0.29) is 11.8 Å². The number of amides is 1. The number of aryl methyl sites for hydroxylation is 2.